The predicted octanol–water partition coefficient (Wildman–Crippen LogP) is 2.26. The Morgan fingerprint density at radius 2 is 1.89 bits per heavy atom. The van der Waals surface area contributed by atoms with Crippen LogP contribution in [-0.2, 0) is 11.2 Å². The normalized spacial score (nSPS) is 10.4. The molecular formula is C15H23FN2O. The molecule has 19 heavy (non-hydrogen) atoms. The van der Waals surface area contributed by atoms with E-state index >= 15 is 0 Å². The number of carbonyl (C=O) groups excluding carboxylic acids is 1. The molecule has 0 saturated carbocycles. The number of rotatable bonds is 9. The van der Waals surface area contributed by atoms with Gasteiger partial charge in [-0.25, -0.2) is 4.39 Å². The maximum Gasteiger partial charge on any atom is 0.233 e. The highest BCUT2D eigenvalue weighted by molar-refractivity contribution is 5.77. The van der Waals surface area contributed by atoms with E-state index in [-0.39, 0.29) is 11.7 Å². The maximum absolute atomic E-state index is 12.7. The molecule has 0 aromatic heterocycles. The first-order valence-electron chi connectivity index (χ1n) is 6.94. The number of amides is 1. The number of hydrogen-bond acceptors (Lipinski definition) is 2. The highest BCUT2D eigenvalue weighted by Crippen LogP contribution is 2.02. The molecule has 0 aliphatic rings. The number of halogens is 1. The topological polar surface area (TPSA) is 41.1 Å². The zero-order valence-corrected chi connectivity index (χ0v) is 11.5. The van der Waals surface area contributed by atoms with E-state index < -0.39 is 0 Å². The standard InChI is InChI=1S/C15H23FN2O/c1-2-3-4-10-17-12-15(19)18-11-9-13-5-7-14(16)8-6-13/h5-8,17H,2-4,9-12H2,1H3,(H,18,19). The van der Waals surface area contributed by atoms with E-state index in [1.807, 2.05) is 0 Å². The van der Waals surface area contributed by atoms with Crippen LogP contribution in [0.2, 0.25) is 0 Å². The molecule has 0 fully saturated rings. The fraction of sp³-hybridized carbons (Fsp3) is 0.533. The van der Waals surface area contributed by atoms with Gasteiger partial charge in [0.25, 0.3) is 0 Å². The van der Waals surface area contributed by atoms with E-state index in [0.29, 0.717) is 13.1 Å². The van der Waals surface area contributed by atoms with Crippen LogP contribution < -0.4 is 10.6 Å². The molecule has 0 unspecified atom stereocenters. The first-order chi connectivity index (χ1) is 9.22. The van der Waals surface area contributed by atoms with Crippen molar-refractivity contribution in [3.8, 4) is 0 Å². The van der Waals surface area contributed by atoms with Crippen molar-refractivity contribution in [1.29, 1.82) is 0 Å². The maximum atomic E-state index is 12.7. The van der Waals surface area contributed by atoms with Crippen LogP contribution in [0.1, 0.15) is 31.7 Å². The number of hydrogen-bond donors (Lipinski definition) is 2. The molecule has 0 spiro atoms. The van der Waals surface area contributed by atoms with Gasteiger partial charge in [0.05, 0.1) is 6.54 Å². The number of benzene rings is 1. The molecular weight excluding hydrogens is 243 g/mol. The highest BCUT2D eigenvalue weighted by atomic mass is 19.1. The molecule has 3 nitrogen and oxygen atoms in total. The molecule has 0 atom stereocenters. The van der Waals surface area contributed by atoms with Crippen LogP contribution in [0.25, 0.3) is 0 Å². The van der Waals surface area contributed by atoms with E-state index in [1.165, 1.54) is 25.0 Å². The Morgan fingerprint density at radius 3 is 2.58 bits per heavy atom. The molecule has 0 aliphatic heterocycles. The fourth-order valence-electron chi connectivity index (χ4n) is 1.76. The van der Waals surface area contributed by atoms with Crippen molar-refractivity contribution < 1.29 is 9.18 Å². The van der Waals surface area contributed by atoms with Crippen molar-refractivity contribution in [3.63, 3.8) is 0 Å². The Bertz CT molecular complexity index is 365. The minimum Gasteiger partial charge on any atom is -0.355 e. The Balaban J connectivity index is 2.05. The third kappa shape index (κ3) is 7.57. The van der Waals surface area contributed by atoms with Crippen LogP contribution >= 0.6 is 0 Å². The highest BCUT2D eigenvalue weighted by Gasteiger charge is 2.00. The van der Waals surface area contributed by atoms with Gasteiger partial charge in [0.1, 0.15) is 5.82 Å². The molecule has 1 rings (SSSR count). The molecule has 0 radical (unpaired) electrons. The van der Waals surface area contributed by atoms with Crippen molar-refractivity contribution in [2.45, 2.75) is 32.6 Å². The summed E-state index contributed by atoms with van der Waals surface area (Å²) in [5.74, 6) is -0.220. The molecule has 1 aromatic carbocycles. The van der Waals surface area contributed by atoms with E-state index in [0.717, 1.165) is 24.9 Å². The van der Waals surface area contributed by atoms with Gasteiger partial charge in [-0.05, 0) is 37.1 Å². The van der Waals surface area contributed by atoms with Crippen molar-refractivity contribution in [2.75, 3.05) is 19.6 Å². The first-order valence-corrected chi connectivity index (χ1v) is 6.94. The van der Waals surface area contributed by atoms with Gasteiger partial charge in [0.15, 0.2) is 0 Å². The van der Waals surface area contributed by atoms with Gasteiger partial charge in [0, 0.05) is 6.54 Å². The number of carbonyl (C=O) groups is 1. The smallest absolute Gasteiger partial charge is 0.233 e. The largest absolute Gasteiger partial charge is 0.355 e. The van der Waals surface area contributed by atoms with E-state index in [1.54, 1.807) is 12.1 Å². The lowest BCUT2D eigenvalue weighted by Crippen LogP contribution is -2.35. The predicted molar refractivity (Wildman–Crippen MR) is 75.5 cm³/mol. The van der Waals surface area contributed by atoms with Gasteiger partial charge in [-0.15, -0.1) is 0 Å². The summed E-state index contributed by atoms with van der Waals surface area (Å²) in [6.45, 7) is 4.00. The van der Waals surface area contributed by atoms with Gasteiger partial charge in [-0.2, -0.15) is 0 Å². The molecule has 1 amide bonds. The first kappa shape index (κ1) is 15.6. The van der Waals surface area contributed by atoms with Gasteiger partial charge >= 0.3 is 0 Å². The third-order valence-electron chi connectivity index (χ3n) is 2.89. The van der Waals surface area contributed by atoms with Crippen molar-refractivity contribution in [2.24, 2.45) is 0 Å². The monoisotopic (exact) mass is 266 g/mol. The van der Waals surface area contributed by atoms with Crippen molar-refractivity contribution >= 4 is 5.91 Å². The second-order valence-corrected chi connectivity index (χ2v) is 4.61. The van der Waals surface area contributed by atoms with Gasteiger partial charge < -0.3 is 10.6 Å². The van der Waals surface area contributed by atoms with Crippen molar-refractivity contribution in [3.05, 3.63) is 35.6 Å². The lowest BCUT2D eigenvalue weighted by Gasteiger charge is -2.06. The SMILES string of the molecule is CCCCCNCC(=O)NCCc1ccc(F)cc1. The molecule has 1 aromatic rings. The summed E-state index contributed by atoms with van der Waals surface area (Å²) in [6, 6.07) is 6.36. The molecule has 4 heteroatoms. The van der Waals surface area contributed by atoms with Crippen LogP contribution in [-0.4, -0.2) is 25.5 Å². The Kier molecular flexibility index (Phi) is 7.82. The molecule has 0 bridgehead atoms. The minimum atomic E-state index is -0.232. The summed E-state index contributed by atoms with van der Waals surface area (Å²) >= 11 is 0. The third-order valence-corrected chi connectivity index (χ3v) is 2.89. The van der Waals surface area contributed by atoms with Crippen LogP contribution in [0.15, 0.2) is 24.3 Å². The average molecular weight is 266 g/mol. The zero-order chi connectivity index (χ0) is 13.9. The Hall–Kier alpha value is -1.42. The number of nitrogens with one attached hydrogen (secondary N) is 2. The molecule has 2 N–H and O–H groups in total. The number of unbranched alkanes of at least 4 members (excludes halogenated alkanes) is 2. The average Bonchev–Trinajstić information content (AvgIpc) is 2.41. The van der Waals surface area contributed by atoms with Gasteiger partial charge in [0.2, 0.25) is 5.91 Å². The summed E-state index contributed by atoms with van der Waals surface area (Å²) in [5.41, 5.74) is 1.03. The molecule has 0 aliphatic carbocycles. The quantitative estimate of drug-likeness (QED) is 0.673. The van der Waals surface area contributed by atoms with Crippen LogP contribution in [0.5, 0.6) is 0 Å². The van der Waals surface area contributed by atoms with E-state index in [4.69, 9.17) is 0 Å². The lowest BCUT2D eigenvalue weighted by atomic mass is 10.1. The summed E-state index contributed by atoms with van der Waals surface area (Å²) in [7, 11) is 0. The van der Waals surface area contributed by atoms with E-state index in [9.17, 15) is 9.18 Å². The summed E-state index contributed by atoms with van der Waals surface area (Å²) in [4.78, 5) is 11.5. The van der Waals surface area contributed by atoms with Crippen LogP contribution in [0.4, 0.5) is 4.39 Å². The summed E-state index contributed by atoms with van der Waals surface area (Å²) in [6.07, 6.45) is 4.21. The minimum absolute atomic E-state index is 0.0126. The summed E-state index contributed by atoms with van der Waals surface area (Å²) < 4.78 is 12.7. The Labute approximate surface area is 114 Å². The van der Waals surface area contributed by atoms with Gasteiger partial charge in [-0.3, -0.25) is 4.79 Å². The molecule has 0 saturated heterocycles. The zero-order valence-electron chi connectivity index (χ0n) is 11.5. The van der Waals surface area contributed by atoms with Gasteiger partial charge in [-0.1, -0.05) is 31.9 Å². The van der Waals surface area contributed by atoms with E-state index in [2.05, 4.69) is 17.6 Å². The van der Waals surface area contributed by atoms with Crippen LogP contribution in [0, 0.1) is 5.82 Å². The van der Waals surface area contributed by atoms with Crippen LogP contribution in [0.3, 0.4) is 0 Å². The second kappa shape index (κ2) is 9.50. The van der Waals surface area contributed by atoms with Crippen molar-refractivity contribution in [1.82, 2.24) is 10.6 Å². The lowest BCUT2D eigenvalue weighted by molar-refractivity contribution is -0.120. The Morgan fingerprint density at radius 1 is 1.16 bits per heavy atom. The molecule has 106 valence electrons. The fourth-order valence-corrected chi connectivity index (χ4v) is 1.76. The second-order valence-electron chi connectivity index (χ2n) is 4.61. The summed E-state index contributed by atoms with van der Waals surface area (Å²) in [5, 5.41) is 5.96. The molecule has 0 heterocycles.